The fraction of sp³-hybridized carbons (Fsp3) is 0.667. The van der Waals surface area contributed by atoms with Gasteiger partial charge >= 0.3 is 0 Å². The molecule has 2 aliphatic heterocycles. The standard InChI is InChI=1S/C15H22N4O3S/c1-2-19(12-7-10-23(21,22)11-12)14-6-5-13(16-17-14)15(20)18-8-3-4-9-18/h5-6,12H,2-4,7-11H2,1H3. The lowest BCUT2D eigenvalue weighted by atomic mass is 10.2. The molecule has 0 saturated carbocycles. The first kappa shape index (κ1) is 16.2. The number of aromatic nitrogens is 2. The summed E-state index contributed by atoms with van der Waals surface area (Å²) < 4.78 is 23.3. The fourth-order valence-electron chi connectivity index (χ4n) is 3.30. The molecule has 0 aromatic carbocycles. The summed E-state index contributed by atoms with van der Waals surface area (Å²) in [5.74, 6) is 0.949. The molecule has 7 nitrogen and oxygen atoms in total. The maximum absolute atomic E-state index is 12.3. The molecule has 1 aromatic rings. The Bertz CT molecular complexity index is 668. The van der Waals surface area contributed by atoms with Crippen LogP contribution in [0.3, 0.4) is 0 Å². The highest BCUT2D eigenvalue weighted by Crippen LogP contribution is 2.22. The zero-order chi connectivity index (χ0) is 16.4. The van der Waals surface area contributed by atoms with Crippen LogP contribution >= 0.6 is 0 Å². The topological polar surface area (TPSA) is 83.5 Å². The maximum atomic E-state index is 12.3. The van der Waals surface area contributed by atoms with E-state index < -0.39 is 9.84 Å². The monoisotopic (exact) mass is 338 g/mol. The molecule has 8 heteroatoms. The summed E-state index contributed by atoms with van der Waals surface area (Å²) in [6, 6.07) is 3.40. The van der Waals surface area contributed by atoms with Crippen molar-refractivity contribution in [3.05, 3.63) is 17.8 Å². The molecule has 3 rings (SSSR count). The van der Waals surface area contributed by atoms with Gasteiger partial charge in [0.15, 0.2) is 21.3 Å². The first-order valence-electron chi connectivity index (χ1n) is 8.10. The van der Waals surface area contributed by atoms with Gasteiger partial charge in [-0.2, -0.15) is 0 Å². The van der Waals surface area contributed by atoms with E-state index in [9.17, 15) is 13.2 Å². The molecule has 0 aliphatic carbocycles. The minimum atomic E-state index is -2.94. The van der Waals surface area contributed by atoms with Gasteiger partial charge in [-0.1, -0.05) is 0 Å². The van der Waals surface area contributed by atoms with Gasteiger partial charge in [0.1, 0.15) is 0 Å². The molecule has 2 saturated heterocycles. The molecule has 126 valence electrons. The Morgan fingerprint density at radius 1 is 1.30 bits per heavy atom. The van der Waals surface area contributed by atoms with Crippen molar-refractivity contribution in [2.45, 2.75) is 32.2 Å². The minimum Gasteiger partial charge on any atom is -0.351 e. The number of amides is 1. The Kier molecular flexibility index (Phi) is 4.52. The largest absolute Gasteiger partial charge is 0.351 e. The molecule has 0 spiro atoms. The Morgan fingerprint density at radius 3 is 2.57 bits per heavy atom. The van der Waals surface area contributed by atoms with E-state index >= 15 is 0 Å². The molecule has 3 heterocycles. The molecule has 1 aromatic heterocycles. The molecule has 2 fully saturated rings. The Labute approximate surface area is 136 Å². The number of hydrogen-bond donors (Lipinski definition) is 0. The zero-order valence-corrected chi connectivity index (χ0v) is 14.1. The summed E-state index contributed by atoms with van der Waals surface area (Å²) in [7, 11) is -2.94. The van der Waals surface area contributed by atoms with Crippen LogP contribution in [-0.2, 0) is 9.84 Å². The Hall–Kier alpha value is -1.70. The van der Waals surface area contributed by atoms with Gasteiger partial charge in [0.25, 0.3) is 5.91 Å². The summed E-state index contributed by atoms with van der Waals surface area (Å²) in [6.07, 6.45) is 2.69. The number of nitrogens with zero attached hydrogens (tertiary/aromatic N) is 4. The Morgan fingerprint density at radius 2 is 2.04 bits per heavy atom. The lowest BCUT2D eigenvalue weighted by molar-refractivity contribution is 0.0786. The van der Waals surface area contributed by atoms with Crippen molar-refractivity contribution in [2.75, 3.05) is 36.0 Å². The molecular weight excluding hydrogens is 316 g/mol. The average molecular weight is 338 g/mol. The number of sulfone groups is 1. The van der Waals surface area contributed by atoms with Gasteiger partial charge in [-0.05, 0) is 38.3 Å². The van der Waals surface area contributed by atoms with Crippen LogP contribution < -0.4 is 4.90 Å². The molecule has 1 unspecified atom stereocenters. The van der Waals surface area contributed by atoms with Crippen LogP contribution in [0.15, 0.2) is 12.1 Å². The highest BCUT2D eigenvalue weighted by molar-refractivity contribution is 7.91. The van der Waals surface area contributed by atoms with E-state index in [1.165, 1.54) is 0 Å². The second-order valence-corrected chi connectivity index (χ2v) is 8.35. The smallest absolute Gasteiger partial charge is 0.274 e. The predicted octanol–water partition coefficient (Wildman–Crippen LogP) is 0.726. The fourth-order valence-corrected chi connectivity index (χ4v) is 5.03. The molecular formula is C15H22N4O3S. The van der Waals surface area contributed by atoms with Gasteiger partial charge in [-0.25, -0.2) is 8.42 Å². The third kappa shape index (κ3) is 3.46. The maximum Gasteiger partial charge on any atom is 0.274 e. The second-order valence-electron chi connectivity index (χ2n) is 6.12. The first-order valence-corrected chi connectivity index (χ1v) is 9.92. The van der Waals surface area contributed by atoms with Crippen molar-refractivity contribution < 1.29 is 13.2 Å². The van der Waals surface area contributed by atoms with Crippen LogP contribution in [0.5, 0.6) is 0 Å². The predicted molar refractivity (Wildman–Crippen MR) is 87.2 cm³/mol. The summed E-state index contributed by atoms with van der Waals surface area (Å²) in [5.41, 5.74) is 0.353. The average Bonchev–Trinajstić information content (AvgIpc) is 3.18. The highest BCUT2D eigenvalue weighted by atomic mass is 32.2. The number of rotatable bonds is 4. The van der Waals surface area contributed by atoms with Gasteiger partial charge < -0.3 is 9.80 Å². The number of anilines is 1. The summed E-state index contributed by atoms with van der Waals surface area (Å²) in [5, 5.41) is 8.24. The quantitative estimate of drug-likeness (QED) is 0.805. The van der Waals surface area contributed by atoms with Crippen molar-refractivity contribution in [2.24, 2.45) is 0 Å². The van der Waals surface area contributed by atoms with Crippen molar-refractivity contribution in [3.8, 4) is 0 Å². The van der Waals surface area contributed by atoms with Gasteiger partial charge in [-0.3, -0.25) is 4.79 Å². The number of carbonyl (C=O) groups is 1. The van der Waals surface area contributed by atoms with E-state index in [0.717, 1.165) is 25.9 Å². The van der Waals surface area contributed by atoms with Gasteiger partial charge in [0, 0.05) is 25.7 Å². The second kappa shape index (κ2) is 6.43. The van der Waals surface area contributed by atoms with E-state index in [1.54, 1.807) is 17.0 Å². The minimum absolute atomic E-state index is 0.0561. The van der Waals surface area contributed by atoms with Crippen LogP contribution in [0.25, 0.3) is 0 Å². The molecule has 1 atom stereocenters. The van der Waals surface area contributed by atoms with E-state index in [0.29, 0.717) is 24.5 Å². The van der Waals surface area contributed by atoms with E-state index in [1.807, 2.05) is 11.8 Å². The summed E-state index contributed by atoms with van der Waals surface area (Å²) in [4.78, 5) is 16.0. The van der Waals surface area contributed by atoms with E-state index in [4.69, 9.17) is 0 Å². The van der Waals surface area contributed by atoms with E-state index in [2.05, 4.69) is 10.2 Å². The van der Waals surface area contributed by atoms with E-state index in [-0.39, 0.29) is 23.5 Å². The normalized spacial score (nSPS) is 23.2. The molecule has 0 radical (unpaired) electrons. The molecule has 23 heavy (non-hydrogen) atoms. The number of likely N-dealkylation sites (tertiary alicyclic amines) is 1. The lowest BCUT2D eigenvalue weighted by Gasteiger charge is -2.27. The molecule has 2 aliphatic rings. The van der Waals surface area contributed by atoms with Crippen molar-refractivity contribution in [1.82, 2.24) is 15.1 Å². The SMILES string of the molecule is CCN(c1ccc(C(=O)N2CCCC2)nn1)C1CCS(=O)(=O)C1. The summed E-state index contributed by atoms with van der Waals surface area (Å²) >= 11 is 0. The van der Waals surface area contributed by atoms with Crippen molar-refractivity contribution in [3.63, 3.8) is 0 Å². The highest BCUT2D eigenvalue weighted by Gasteiger charge is 2.32. The van der Waals surface area contributed by atoms with Gasteiger partial charge in [0.05, 0.1) is 11.5 Å². The molecule has 0 bridgehead atoms. The van der Waals surface area contributed by atoms with Crippen LogP contribution in [0.1, 0.15) is 36.7 Å². The van der Waals surface area contributed by atoms with Gasteiger partial charge in [0.2, 0.25) is 0 Å². The number of hydrogen-bond acceptors (Lipinski definition) is 6. The zero-order valence-electron chi connectivity index (χ0n) is 13.3. The van der Waals surface area contributed by atoms with Crippen LogP contribution in [0.2, 0.25) is 0 Å². The van der Waals surface area contributed by atoms with Gasteiger partial charge in [-0.15, -0.1) is 10.2 Å². The van der Waals surface area contributed by atoms with Crippen molar-refractivity contribution >= 4 is 21.6 Å². The first-order chi connectivity index (χ1) is 11.0. The Balaban J connectivity index is 1.74. The van der Waals surface area contributed by atoms with Crippen LogP contribution in [0.4, 0.5) is 5.82 Å². The molecule has 0 N–H and O–H groups in total. The summed E-state index contributed by atoms with van der Waals surface area (Å²) in [6.45, 7) is 4.19. The van der Waals surface area contributed by atoms with Crippen LogP contribution in [-0.4, -0.2) is 66.6 Å². The van der Waals surface area contributed by atoms with Crippen molar-refractivity contribution in [1.29, 1.82) is 0 Å². The lowest BCUT2D eigenvalue weighted by Crippen LogP contribution is -2.37. The third-order valence-electron chi connectivity index (χ3n) is 4.55. The van der Waals surface area contributed by atoms with Crippen LogP contribution in [0, 0.1) is 0 Å². The molecule has 1 amide bonds. The third-order valence-corrected chi connectivity index (χ3v) is 6.30. The number of carbonyl (C=O) groups excluding carboxylic acids is 1.